The molecule has 0 spiro atoms. The van der Waals surface area contributed by atoms with Crippen molar-refractivity contribution in [2.24, 2.45) is 5.92 Å². The fourth-order valence-electron chi connectivity index (χ4n) is 3.77. The Hall–Kier alpha value is -2.94. The first kappa shape index (κ1) is 23.7. The van der Waals surface area contributed by atoms with Crippen molar-refractivity contribution in [1.29, 1.82) is 0 Å². The average Bonchev–Trinajstić information content (AvgIpc) is 2.78. The number of amides is 2. The number of anilines is 2. The Labute approximate surface area is 185 Å². The number of nitrogens with zero attached hydrogens (tertiary/aromatic N) is 3. The third-order valence-electron chi connectivity index (χ3n) is 5.48. The number of carbonyl (C=O) groups excluding carboxylic acids is 2. The first-order valence-corrected chi connectivity index (χ1v) is 10.7. The Morgan fingerprint density at radius 1 is 1.22 bits per heavy atom. The first-order chi connectivity index (χ1) is 15.3. The van der Waals surface area contributed by atoms with Crippen LogP contribution in [0.4, 0.5) is 24.7 Å². The molecule has 6 nitrogen and oxygen atoms in total. The number of pyridine rings is 1. The number of alkyl halides is 3. The van der Waals surface area contributed by atoms with Gasteiger partial charge in [0.2, 0.25) is 12.3 Å². The smallest absolute Gasteiger partial charge is 0.356 e. The van der Waals surface area contributed by atoms with Gasteiger partial charge in [-0.15, -0.1) is 0 Å². The Morgan fingerprint density at radius 2 is 1.94 bits per heavy atom. The summed E-state index contributed by atoms with van der Waals surface area (Å²) in [4.78, 5) is 30.8. The van der Waals surface area contributed by atoms with E-state index in [0.29, 0.717) is 25.2 Å². The van der Waals surface area contributed by atoms with Crippen molar-refractivity contribution in [2.75, 3.05) is 24.5 Å². The monoisotopic (exact) mass is 448 g/mol. The predicted octanol–water partition coefficient (Wildman–Crippen LogP) is 4.13. The van der Waals surface area contributed by atoms with Crippen LogP contribution in [-0.2, 0) is 22.3 Å². The van der Waals surface area contributed by atoms with Crippen molar-refractivity contribution in [1.82, 2.24) is 15.2 Å². The topological polar surface area (TPSA) is 65.5 Å². The molecule has 172 valence electrons. The number of carbonyl (C=O) groups is 2. The van der Waals surface area contributed by atoms with Gasteiger partial charge in [-0.05, 0) is 62.2 Å². The molecular weight excluding hydrogens is 421 g/mol. The van der Waals surface area contributed by atoms with Crippen molar-refractivity contribution in [3.05, 3.63) is 53.7 Å². The SMILES string of the molecule is CCCNC(=O)C1CCN(Cc2cccc(N(C=O)c3cccc(C(F)(F)F)n3)c2)CC1. The molecule has 2 aromatic rings. The molecule has 3 rings (SSSR count). The summed E-state index contributed by atoms with van der Waals surface area (Å²) in [5.74, 6) is 0.0521. The number of halogens is 3. The number of aromatic nitrogens is 1. The molecule has 1 aromatic heterocycles. The summed E-state index contributed by atoms with van der Waals surface area (Å²) in [7, 11) is 0. The summed E-state index contributed by atoms with van der Waals surface area (Å²) >= 11 is 0. The summed E-state index contributed by atoms with van der Waals surface area (Å²) in [6.07, 6.45) is -1.66. The van der Waals surface area contributed by atoms with Crippen LogP contribution in [0.3, 0.4) is 0 Å². The van der Waals surface area contributed by atoms with Crippen LogP contribution in [0.2, 0.25) is 0 Å². The molecule has 0 radical (unpaired) electrons. The van der Waals surface area contributed by atoms with E-state index in [1.54, 1.807) is 18.2 Å². The molecular formula is C23H27F3N4O2. The Bertz CT molecular complexity index is 927. The second-order valence-electron chi connectivity index (χ2n) is 7.87. The van der Waals surface area contributed by atoms with Gasteiger partial charge in [0, 0.05) is 19.0 Å². The Kier molecular flexibility index (Phi) is 7.84. The van der Waals surface area contributed by atoms with Crippen LogP contribution in [0.15, 0.2) is 42.5 Å². The van der Waals surface area contributed by atoms with Crippen molar-refractivity contribution in [3.8, 4) is 0 Å². The highest BCUT2D eigenvalue weighted by molar-refractivity contribution is 5.85. The molecule has 2 amide bonds. The summed E-state index contributed by atoms with van der Waals surface area (Å²) < 4.78 is 39.0. The van der Waals surface area contributed by atoms with Gasteiger partial charge in [-0.25, -0.2) is 4.98 Å². The van der Waals surface area contributed by atoms with Gasteiger partial charge in [0.15, 0.2) is 0 Å². The normalized spacial score (nSPS) is 15.4. The van der Waals surface area contributed by atoms with Gasteiger partial charge >= 0.3 is 6.18 Å². The molecule has 0 unspecified atom stereocenters. The highest BCUT2D eigenvalue weighted by Gasteiger charge is 2.33. The standard InChI is InChI=1S/C23H27F3N4O2/c1-2-11-27-22(32)18-9-12-29(13-10-18)15-17-5-3-6-19(14-17)30(16-31)21-8-4-7-20(28-21)23(24,25)26/h3-8,14,16,18H,2,9-13,15H2,1H3,(H,27,32). The van der Waals surface area contributed by atoms with Gasteiger partial charge in [-0.1, -0.05) is 25.1 Å². The van der Waals surface area contributed by atoms with Crippen LogP contribution in [0.1, 0.15) is 37.4 Å². The number of benzene rings is 1. The number of hydrogen-bond donors (Lipinski definition) is 1. The number of likely N-dealkylation sites (tertiary alicyclic amines) is 1. The van der Waals surface area contributed by atoms with E-state index in [0.717, 1.165) is 48.9 Å². The van der Waals surface area contributed by atoms with E-state index < -0.39 is 11.9 Å². The van der Waals surface area contributed by atoms with E-state index in [1.165, 1.54) is 12.1 Å². The zero-order chi connectivity index (χ0) is 23.1. The van der Waals surface area contributed by atoms with Crippen LogP contribution in [0.25, 0.3) is 0 Å². The Morgan fingerprint density at radius 3 is 2.59 bits per heavy atom. The van der Waals surface area contributed by atoms with Gasteiger partial charge in [-0.2, -0.15) is 13.2 Å². The zero-order valence-corrected chi connectivity index (χ0v) is 17.9. The van der Waals surface area contributed by atoms with Gasteiger partial charge in [0.25, 0.3) is 0 Å². The summed E-state index contributed by atoms with van der Waals surface area (Å²) in [5, 5.41) is 2.95. The minimum atomic E-state index is -4.59. The lowest BCUT2D eigenvalue weighted by Gasteiger charge is -2.31. The van der Waals surface area contributed by atoms with Crippen molar-refractivity contribution in [3.63, 3.8) is 0 Å². The van der Waals surface area contributed by atoms with Gasteiger partial charge in [0.1, 0.15) is 11.5 Å². The first-order valence-electron chi connectivity index (χ1n) is 10.7. The lowest BCUT2D eigenvalue weighted by Crippen LogP contribution is -2.40. The fraction of sp³-hybridized carbons (Fsp3) is 0.435. The maximum atomic E-state index is 13.0. The molecule has 1 N–H and O–H groups in total. The van der Waals surface area contributed by atoms with E-state index >= 15 is 0 Å². The lowest BCUT2D eigenvalue weighted by molar-refractivity contribution is -0.141. The quantitative estimate of drug-likeness (QED) is 0.617. The van der Waals surface area contributed by atoms with Gasteiger partial charge in [-0.3, -0.25) is 19.4 Å². The summed E-state index contributed by atoms with van der Waals surface area (Å²) in [6, 6.07) is 10.6. The van der Waals surface area contributed by atoms with Crippen LogP contribution in [0, 0.1) is 5.92 Å². The summed E-state index contributed by atoms with van der Waals surface area (Å²) in [6.45, 7) is 4.90. The molecule has 0 atom stereocenters. The van der Waals surface area contributed by atoms with Crippen LogP contribution < -0.4 is 10.2 Å². The average molecular weight is 448 g/mol. The van der Waals surface area contributed by atoms with Crippen molar-refractivity contribution in [2.45, 2.75) is 38.9 Å². The maximum Gasteiger partial charge on any atom is 0.433 e. The molecule has 2 heterocycles. The highest BCUT2D eigenvalue weighted by atomic mass is 19.4. The van der Waals surface area contributed by atoms with Crippen molar-refractivity contribution < 1.29 is 22.8 Å². The largest absolute Gasteiger partial charge is 0.433 e. The van der Waals surface area contributed by atoms with Crippen molar-refractivity contribution >= 4 is 23.8 Å². The van der Waals surface area contributed by atoms with Crippen LogP contribution >= 0.6 is 0 Å². The third-order valence-corrected chi connectivity index (χ3v) is 5.48. The molecule has 1 fully saturated rings. The molecule has 0 saturated carbocycles. The van der Waals surface area contributed by atoms with E-state index in [2.05, 4.69) is 15.2 Å². The third kappa shape index (κ3) is 6.06. The van der Waals surface area contributed by atoms with E-state index in [1.807, 2.05) is 13.0 Å². The zero-order valence-electron chi connectivity index (χ0n) is 17.9. The number of nitrogens with one attached hydrogen (secondary N) is 1. The van der Waals surface area contributed by atoms with E-state index in [-0.39, 0.29) is 17.6 Å². The minimum absolute atomic E-state index is 0.0293. The lowest BCUT2D eigenvalue weighted by atomic mass is 9.95. The molecule has 1 aliphatic rings. The fourth-order valence-corrected chi connectivity index (χ4v) is 3.77. The van der Waals surface area contributed by atoms with Crippen LogP contribution in [0.5, 0.6) is 0 Å². The molecule has 32 heavy (non-hydrogen) atoms. The second-order valence-corrected chi connectivity index (χ2v) is 7.87. The Balaban J connectivity index is 1.67. The van der Waals surface area contributed by atoms with E-state index in [4.69, 9.17) is 0 Å². The van der Waals surface area contributed by atoms with E-state index in [9.17, 15) is 22.8 Å². The molecule has 0 aliphatic carbocycles. The summed E-state index contributed by atoms with van der Waals surface area (Å²) in [5.41, 5.74) is 0.317. The molecule has 0 bridgehead atoms. The minimum Gasteiger partial charge on any atom is -0.356 e. The number of piperidine rings is 1. The number of rotatable bonds is 8. The highest BCUT2D eigenvalue weighted by Crippen LogP contribution is 2.31. The predicted molar refractivity (Wildman–Crippen MR) is 115 cm³/mol. The van der Waals surface area contributed by atoms with Gasteiger partial charge < -0.3 is 5.32 Å². The number of hydrogen-bond acceptors (Lipinski definition) is 4. The van der Waals surface area contributed by atoms with Gasteiger partial charge in [0.05, 0.1) is 5.69 Å². The molecule has 1 saturated heterocycles. The molecule has 1 aliphatic heterocycles. The molecule has 9 heteroatoms. The van der Waals surface area contributed by atoms with Crippen LogP contribution in [-0.4, -0.2) is 41.8 Å². The molecule has 1 aromatic carbocycles. The maximum absolute atomic E-state index is 13.0. The second kappa shape index (κ2) is 10.6.